The van der Waals surface area contributed by atoms with Gasteiger partial charge in [-0.25, -0.2) is 4.39 Å². The van der Waals surface area contributed by atoms with Crippen LogP contribution >= 0.6 is 0 Å². The second-order valence-corrected chi connectivity index (χ2v) is 2.82. The predicted octanol–water partition coefficient (Wildman–Crippen LogP) is 3.25. The van der Waals surface area contributed by atoms with Gasteiger partial charge in [0.1, 0.15) is 5.82 Å². The van der Waals surface area contributed by atoms with Crippen molar-refractivity contribution in [2.24, 2.45) is 0 Å². The van der Waals surface area contributed by atoms with E-state index >= 15 is 0 Å². The highest BCUT2D eigenvalue weighted by Crippen LogP contribution is 2.11. The Morgan fingerprint density at radius 3 is 2.58 bits per heavy atom. The summed E-state index contributed by atoms with van der Waals surface area (Å²) in [7, 11) is 0. The summed E-state index contributed by atoms with van der Waals surface area (Å²) in [5.41, 5.74) is 2.32. The molecule has 1 aromatic rings. The third kappa shape index (κ3) is 2.62. The Morgan fingerprint density at radius 2 is 2.00 bits per heavy atom. The molecule has 0 radical (unpaired) electrons. The van der Waals surface area contributed by atoms with Crippen LogP contribution in [0.25, 0.3) is 0 Å². The van der Waals surface area contributed by atoms with E-state index in [9.17, 15) is 4.39 Å². The van der Waals surface area contributed by atoms with Gasteiger partial charge in [-0.2, -0.15) is 0 Å². The third-order valence-corrected chi connectivity index (χ3v) is 1.83. The van der Waals surface area contributed by atoms with Crippen molar-refractivity contribution in [3.8, 4) is 0 Å². The highest BCUT2D eigenvalue weighted by atomic mass is 19.1. The minimum absolute atomic E-state index is 0. The Balaban J connectivity index is 0.00000121. The highest BCUT2D eigenvalue weighted by Gasteiger charge is 1.97. The number of benzene rings is 1. The Hall–Kier alpha value is -0.890. The Morgan fingerprint density at radius 1 is 1.33 bits per heavy atom. The van der Waals surface area contributed by atoms with E-state index < -0.39 is 0 Å². The lowest BCUT2D eigenvalue weighted by atomic mass is 10.0. The molecule has 0 amide bonds. The molecule has 0 saturated carbocycles. The SMILES string of the molecule is CCCc1cc(F)ccc1C.N. The standard InChI is InChI=1S/C10H13F.H3N/c1-3-4-9-7-10(11)6-5-8(9)2;/h5-7H,3-4H2,1-2H3;1H3. The van der Waals surface area contributed by atoms with Crippen LogP contribution in [0.4, 0.5) is 4.39 Å². The maximum Gasteiger partial charge on any atom is 0.123 e. The summed E-state index contributed by atoms with van der Waals surface area (Å²) in [6.45, 7) is 4.12. The predicted molar refractivity (Wildman–Crippen MR) is 50.2 cm³/mol. The first kappa shape index (κ1) is 11.1. The average Bonchev–Trinajstić information content (AvgIpc) is 1.98. The van der Waals surface area contributed by atoms with Gasteiger partial charge in [-0.05, 0) is 36.6 Å². The fourth-order valence-corrected chi connectivity index (χ4v) is 1.18. The van der Waals surface area contributed by atoms with Crippen LogP contribution in [0, 0.1) is 12.7 Å². The van der Waals surface area contributed by atoms with Gasteiger partial charge in [0.05, 0.1) is 0 Å². The number of hydrogen-bond acceptors (Lipinski definition) is 1. The fourth-order valence-electron chi connectivity index (χ4n) is 1.18. The molecule has 12 heavy (non-hydrogen) atoms. The summed E-state index contributed by atoms with van der Waals surface area (Å²) in [6, 6.07) is 4.97. The molecule has 3 N–H and O–H groups in total. The lowest BCUT2D eigenvalue weighted by Gasteiger charge is -2.02. The first-order valence-electron chi connectivity index (χ1n) is 3.99. The Bertz CT molecular complexity index is 246. The maximum absolute atomic E-state index is 12.7. The van der Waals surface area contributed by atoms with Crippen molar-refractivity contribution < 1.29 is 4.39 Å². The molecule has 1 rings (SSSR count). The van der Waals surface area contributed by atoms with E-state index in [2.05, 4.69) is 6.92 Å². The molecule has 0 bridgehead atoms. The molecule has 1 nitrogen and oxygen atoms in total. The molecule has 0 aliphatic carbocycles. The van der Waals surface area contributed by atoms with E-state index in [4.69, 9.17) is 0 Å². The number of halogens is 1. The molecule has 0 aliphatic rings. The largest absolute Gasteiger partial charge is 0.344 e. The Kier molecular flexibility index (Phi) is 4.52. The molecule has 68 valence electrons. The van der Waals surface area contributed by atoms with Crippen LogP contribution in [0.1, 0.15) is 24.5 Å². The smallest absolute Gasteiger partial charge is 0.123 e. The van der Waals surface area contributed by atoms with Crippen LogP contribution in [-0.4, -0.2) is 0 Å². The van der Waals surface area contributed by atoms with Crippen molar-refractivity contribution in [2.75, 3.05) is 0 Å². The van der Waals surface area contributed by atoms with Crippen LogP contribution < -0.4 is 6.15 Å². The van der Waals surface area contributed by atoms with Crippen molar-refractivity contribution in [1.82, 2.24) is 6.15 Å². The van der Waals surface area contributed by atoms with Crippen molar-refractivity contribution in [2.45, 2.75) is 26.7 Å². The highest BCUT2D eigenvalue weighted by molar-refractivity contribution is 5.26. The molecule has 2 heteroatoms. The van der Waals surface area contributed by atoms with Gasteiger partial charge >= 0.3 is 0 Å². The Labute approximate surface area is 73.2 Å². The minimum Gasteiger partial charge on any atom is -0.344 e. The van der Waals surface area contributed by atoms with Gasteiger partial charge in [0.25, 0.3) is 0 Å². The van der Waals surface area contributed by atoms with Gasteiger partial charge in [0.15, 0.2) is 0 Å². The molecular formula is C10H16FN. The van der Waals surface area contributed by atoms with E-state index in [1.54, 1.807) is 6.07 Å². The number of rotatable bonds is 2. The molecule has 0 fully saturated rings. The zero-order valence-corrected chi connectivity index (χ0v) is 7.73. The van der Waals surface area contributed by atoms with Crippen LogP contribution in [-0.2, 0) is 6.42 Å². The zero-order chi connectivity index (χ0) is 8.27. The van der Waals surface area contributed by atoms with Crippen molar-refractivity contribution in [3.63, 3.8) is 0 Å². The van der Waals surface area contributed by atoms with Crippen LogP contribution in [0.2, 0.25) is 0 Å². The second-order valence-electron chi connectivity index (χ2n) is 2.82. The molecule has 0 aromatic heterocycles. The summed E-state index contributed by atoms with van der Waals surface area (Å²) >= 11 is 0. The van der Waals surface area contributed by atoms with Gasteiger partial charge < -0.3 is 6.15 Å². The monoisotopic (exact) mass is 169 g/mol. The van der Waals surface area contributed by atoms with Gasteiger partial charge in [-0.1, -0.05) is 19.4 Å². The van der Waals surface area contributed by atoms with E-state index in [-0.39, 0.29) is 12.0 Å². The quantitative estimate of drug-likeness (QED) is 0.724. The summed E-state index contributed by atoms with van der Waals surface area (Å²) in [5.74, 6) is -0.126. The molecule has 0 heterocycles. The topological polar surface area (TPSA) is 35.0 Å². The molecule has 0 spiro atoms. The number of hydrogen-bond donors (Lipinski definition) is 1. The van der Waals surface area contributed by atoms with Crippen LogP contribution in [0.15, 0.2) is 18.2 Å². The molecular weight excluding hydrogens is 153 g/mol. The maximum atomic E-state index is 12.7. The first-order valence-corrected chi connectivity index (χ1v) is 3.99. The van der Waals surface area contributed by atoms with E-state index in [0.29, 0.717) is 0 Å². The summed E-state index contributed by atoms with van der Waals surface area (Å²) in [6.07, 6.45) is 2.05. The third-order valence-electron chi connectivity index (χ3n) is 1.83. The molecule has 0 saturated heterocycles. The van der Waals surface area contributed by atoms with Crippen molar-refractivity contribution in [1.29, 1.82) is 0 Å². The normalized spacial score (nSPS) is 9.25. The first-order chi connectivity index (χ1) is 5.24. The molecule has 1 aromatic carbocycles. The van der Waals surface area contributed by atoms with Crippen molar-refractivity contribution >= 4 is 0 Å². The lowest BCUT2D eigenvalue weighted by molar-refractivity contribution is 0.624. The average molecular weight is 169 g/mol. The molecule has 0 atom stereocenters. The summed E-state index contributed by atoms with van der Waals surface area (Å²) in [4.78, 5) is 0. The van der Waals surface area contributed by atoms with E-state index in [1.807, 2.05) is 13.0 Å². The second kappa shape index (κ2) is 4.88. The van der Waals surface area contributed by atoms with Crippen LogP contribution in [0.5, 0.6) is 0 Å². The number of aryl methyl sites for hydroxylation is 2. The fraction of sp³-hybridized carbons (Fsp3) is 0.400. The molecule has 0 aliphatic heterocycles. The van der Waals surface area contributed by atoms with Crippen LogP contribution in [0.3, 0.4) is 0 Å². The zero-order valence-electron chi connectivity index (χ0n) is 7.73. The van der Waals surface area contributed by atoms with E-state index in [0.717, 1.165) is 18.4 Å². The van der Waals surface area contributed by atoms with E-state index in [1.165, 1.54) is 11.6 Å². The van der Waals surface area contributed by atoms with Gasteiger partial charge in [-0.15, -0.1) is 0 Å². The minimum atomic E-state index is -0.126. The summed E-state index contributed by atoms with van der Waals surface area (Å²) < 4.78 is 12.7. The van der Waals surface area contributed by atoms with Crippen molar-refractivity contribution in [3.05, 3.63) is 35.1 Å². The lowest BCUT2D eigenvalue weighted by Crippen LogP contribution is -1.89. The van der Waals surface area contributed by atoms with Gasteiger partial charge in [0, 0.05) is 0 Å². The molecule has 0 unspecified atom stereocenters. The van der Waals surface area contributed by atoms with Gasteiger partial charge in [0.2, 0.25) is 0 Å². The van der Waals surface area contributed by atoms with Gasteiger partial charge in [-0.3, -0.25) is 0 Å². The summed E-state index contributed by atoms with van der Waals surface area (Å²) in [5, 5.41) is 0.